The van der Waals surface area contributed by atoms with Gasteiger partial charge in [-0.2, -0.15) is 0 Å². The highest BCUT2D eigenvalue weighted by Gasteiger charge is 2.33. The van der Waals surface area contributed by atoms with E-state index >= 15 is 0 Å². The smallest absolute Gasteiger partial charge is 0.333 e. The van der Waals surface area contributed by atoms with E-state index in [0.717, 1.165) is 23.4 Å². The number of amides is 5. The first-order chi connectivity index (χ1) is 26.9. The maximum atomic E-state index is 14.9. The number of nitrogens with one attached hydrogen (secondary N) is 4. The Morgan fingerprint density at radius 3 is 2.18 bits per heavy atom. The van der Waals surface area contributed by atoms with E-state index in [1.165, 1.54) is 6.07 Å². The number of carbonyl (C=O) groups excluding carboxylic acids is 6. The number of halogens is 2. The molecule has 1 fully saturated rings. The molecule has 4 rings (SSSR count). The molecule has 3 aromatic rings. The second kappa shape index (κ2) is 20.1. The van der Waals surface area contributed by atoms with Crippen molar-refractivity contribution in [2.45, 2.75) is 105 Å². The molecule has 2 aromatic carbocycles. The standard InChI is InChI=1S/C42H54F2N6O7/c1-26(2)38(48-34(51)14-10-15-37(54)57-50-35(52)18-19-36(50)53)41(56)47-27(3)40(55)46-21-11-20-45-39(42(4,5)6)33-22-29(31-23-30(43)16-17-32(31)44)25-49(33)24-28-12-8-7-9-13-28/h7-9,12-13,16-17,22-23,25-27,38-39,45H,10-11,14-15,18-21,24H2,1-6H3,(H,46,55)(H,47,56)(H,48,51)/t27-,38-,39-/m0/s1. The molecule has 0 unspecified atom stereocenters. The van der Waals surface area contributed by atoms with Crippen LogP contribution in [-0.2, 0) is 40.1 Å². The van der Waals surface area contributed by atoms with Crippen LogP contribution in [0.25, 0.3) is 11.1 Å². The summed E-state index contributed by atoms with van der Waals surface area (Å²) in [6.07, 6.45) is 2.08. The van der Waals surface area contributed by atoms with Crippen LogP contribution >= 0.6 is 0 Å². The molecule has 5 amide bonds. The minimum Gasteiger partial charge on any atom is -0.354 e. The summed E-state index contributed by atoms with van der Waals surface area (Å²) in [6.45, 7) is 12.6. The quantitative estimate of drug-likeness (QED) is 0.0963. The molecule has 4 N–H and O–H groups in total. The van der Waals surface area contributed by atoms with E-state index in [0.29, 0.717) is 36.7 Å². The zero-order chi connectivity index (χ0) is 41.9. The van der Waals surface area contributed by atoms with Gasteiger partial charge in [0.1, 0.15) is 23.7 Å². The molecule has 0 bridgehead atoms. The third kappa shape index (κ3) is 12.8. The topological polar surface area (TPSA) is 168 Å². The molecular weight excluding hydrogens is 738 g/mol. The summed E-state index contributed by atoms with van der Waals surface area (Å²) < 4.78 is 31.1. The largest absolute Gasteiger partial charge is 0.354 e. The van der Waals surface area contributed by atoms with Crippen molar-refractivity contribution in [1.29, 1.82) is 0 Å². The second-order valence-corrected chi connectivity index (χ2v) is 15.7. The van der Waals surface area contributed by atoms with Gasteiger partial charge < -0.3 is 30.7 Å². The fourth-order valence-electron chi connectivity index (χ4n) is 6.46. The monoisotopic (exact) mass is 792 g/mol. The number of hydrogen-bond acceptors (Lipinski definition) is 8. The molecule has 308 valence electrons. The molecule has 1 aliphatic heterocycles. The van der Waals surface area contributed by atoms with Gasteiger partial charge in [-0.15, -0.1) is 5.06 Å². The van der Waals surface area contributed by atoms with E-state index in [1.54, 1.807) is 20.8 Å². The van der Waals surface area contributed by atoms with Crippen LogP contribution in [0.5, 0.6) is 0 Å². The fourth-order valence-corrected chi connectivity index (χ4v) is 6.46. The number of imide groups is 1. The molecule has 3 atom stereocenters. The van der Waals surface area contributed by atoms with Crippen LogP contribution in [0.1, 0.15) is 97.4 Å². The van der Waals surface area contributed by atoms with Crippen molar-refractivity contribution in [3.05, 3.63) is 83.7 Å². The van der Waals surface area contributed by atoms with Gasteiger partial charge in [0.05, 0.1) is 6.04 Å². The highest BCUT2D eigenvalue weighted by Crippen LogP contribution is 2.37. The Hall–Kier alpha value is -5.44. The molecule has 15 heteroatoms. The number of benzene rings is 2. The molecule has 0 aliphatic carbocycles. The Bertz CT molecular complexity index is 1890. The summed E-state index contributed by atoms with van der Waals surface area (Å²) in [5.41, 5.74) is 2.39. The molecule has 1 saturated heterocycles. The van der Waals surface area contributed by atoms with Crippen molar-refractivity contribution in [1.82, 2.24) is 30.9 Å². The van der Waals surface area contributed by atoms with E-state index in [2.05, 4.69) is 46.6 Å². The first-order valence-electron chi connectivity index (χ1n) is 19.3. The third-order valence-electron chi connectivity index (χ3n) is 9.53. The van der Waals surface area contributed by atoms with Crippen molar-refractivity contribution in [2.24, 2.45) is 11.3 Å². The molecule has 0 radical (unpaired) electrons. The minimum absolute atomic E-state index is 0.0242. The summed E-state index contributed by atoms with van der Waals surface area (Å²) >= 11 is 0. The minimum atomic E-state index is -0.947. The van der Waals surface area contributed by atoms with E-state index in [4.69, 9.17) is 4.84 Å². The molecule has 0 spiro atoms. The molecule has 57 heavy (non-hydrogen) atoms. The summed E-state index contributed by atoms with van der Waals surface area (Å²) in [7, 11) is 0. The maximum Gasteiger partial charge on any atom is 0.333 e. The third-order valence-corrected chi connectivity index (χ3v) is 9.53. The van der Waals surface area contributed by atoms with Crippen LogP contribution in [0.4, 0.5) is 8.78 Å². The van der Waals surface area contributed by atoms with Crippen molar-refractivity contribution in [3.63, 3.8) is 0 Å². The summed E-state index contributed by atoms with van der Waals surface area (Å²) in [5, 5.41) is 12.2. The van der Waals surface area contributed by atoms with Crippen LogP contribution in [0.2, 0.25) is 0 Å². The van der Waals surface area contributed by atoms with Gasteiger partial charge in [-0.1, -0.05) is 65.0 Å². The summed E-state index contributed by atoms with van der Waals surface area (Å²) in [5.74, 6) is -4.82. The molecule has 0 saturated carbocycles. The van der Waals surface area contributed by atoms with Crippen molar-refractivity contribution >= 4 is 35.5 Å². The van der Waals surface area contributed by atoms with Gasteiger partial charge in [0, 0.05) is 61.8 Å². The van der Waals surface area contributed by atoms with Gasteiger partial charge in [-0.3, -0.25) is 24.0 Å². The van der Waals surface area contributed by atoms with Crippen molar-refractivity contribution in [2.75, 3.05) is 13.1 Å². The Labute approximate surface area is 332 Å². The molecule has 2 heterocycles. The number of rotatable bonds is 19. The van der Waals surface area contributed by atoms with Crippen LogP contribution in [-0.4, -0.2) is 70.3 Å². The summed E-state index contributed by atoms with van der Waals surface area (Å²) in [4.78, 5) is 78.8. The molecular formula is C42H54F2N6O7. The highest BCUT2D eigenvalue weighted by molar-refractivity contribution is 6.01. The number of carbonyl (C=O) groups is 6. The lowest BCUT2D eigenvalue weighted by atomic mass is 9.84. The average molecular weight is 793 g/mol. The van der Waals surface area contributed by atoms with Gasteiger partial charge in [-0.05, 0) is 67.5 Å². The predicted octanol–water partition coefficient (Wildman–Crippen LogP) is 5.09. The lowest BCUT2D eigenvalue weighted by Crippen LogP contribution is -2.54. The first kappa shape index (κ1) is 44.3. The van der Waals surface area contributed by atoms with Gasteiger partial charge in [0.2, 0.25) is 17.7 Å². The fraction of sp³-hybridized carbons (Fsp3) is 0.476. The molecule has 1 aliphatic rings. The van der Waals surface area contributed by atoms with Gasteiger partial charge in [0.25, 0.3) is 11.8 Å². The normalized spacial score (nSPS) is 14.6. The van der Waals surface area contributed by atoms with Crippen molar-refractivity contribution in [3.8, 4) is 11.1 Å². The van der Waals surface area contributed by atoms with Gasteiger partial charge in [0.15, 0.2) is 0 Å². The Kier molecular flexibility index (Phi) is 15.6. The number of nitrogens with zero attached hydrogens (tertiary/aromatic N) is 2. The van der Waals surface area contributed by atoms with E-state index in [9.17, 15) is 37.5 Å². The van der Waals surface area contributed by atoms with Crippen LogP contribution in [0.15, 0.2) is 60.8 Å². The number of hydrogen-bond donors (Lipinski definition) is 4. The number of aromatic nitrogens is 1. The zero-order valence-electron chi connectivity index (χ0n) is 33.5. The van der Waals surface area contributed by atoms with Crippen LogP contribution in [0, 0.1) is 23.0 Å². The second-order valence-electron chi connectivity index (χ2n) is 15.7. The Morgan fingerprint density at radius 2 is 1.53 bits per heavy atom. The van der Waals surface area contributed by atoms with E-state index in [1.807, 2.05) is 42.6 Å². The molecule has 13 nitrogen and oxygen atoms in total. The van der Waals surface area contributed by atoms with E-state index in [-0.39, 0.29) is 55.0 Å². The number of hydroxylamine groups is 2. The van der Waals surface area contributed by atoms with Gasteiger partial charge in [-0.25, -0.2) is 13.6 Å². The SMILES string of the molecule is CC(C)[C@H](NC(=O)CCCC(=O)ON1C(=O)CCC1=O)C(=O)N[C@@H](C)C(=O)NCCCN[C@@H](c1cc(-c2cc(F)ccc2F)cn1Cc1ccccc1)C(C)(C)C. The first-order valence-corrected chi connectivity index (χ1v) is 19.3. The zero-order valence-corrected chi connectivity index (χ0v) is 33.5. The lowest BCUT2D eigenvalue weighted by molar-refractivity contribution is -0.197. The average Bonchev–Trinajstić information content (AvgIpc) is 3.70. The highest BCUT2D eigenvalue weighted by atomic mass is 19.1. The van der Waals surface area contributed by atoms with E-state index < -0.39 is 59.2 Å². The predicted molar refractivity (Wildman–Crippen MR) is 209 cm³/mol. The van der Waals surface area contributed by atoms with Crippen LogP contribution in [0.3, 0.4) is 0 Å². The molecule has 1 aromatic heterocycles. The Balaban J connectivity index is 1.28. The summed E-state index contributed by atoms with van der Waals surface area (Å²) in [6, 6.07) is 13.1. The maximum absolute atomic E-state index is 14.9. The van der Waals surface area contributed by atoms with Gasteiger partial charge >= 0.3 is 5.97 Å². The van der Waals surface area contributed by atoms with Crippen molar-refractivity contribution < 1.29 is 42.4 Å². The van der Waals surface area contributed by atoms with Crippen LogP contribution < -0.4 is 21.3 Å². The lowest BCUT2D eigenvalue weighted by Gasteiger charge is -2.33. The Morgan fingerprint density at radius 1 is 0.842 bits per heavy atom.